The molecule has 0 aliphatic rings. The maximum absolute atomic E-state index is 5.19. The van der Waals surface area contributed by atoms with E-state index >= 15 is 0 Å². The van der Waals surface area contributed by atoms with Gasteiger partial charge >= 0.3 is 0 Å². The largest absolute Gasteiger partial charge is 0.228 e. The normalized spacial score (nSPS) is 11.3. The Labute approximate surface area is 347 Å². The third-order valence-electron chi connectivity index (χ3n) is 11.1. The SMILES string of the molecule is c1ccc(-c2nc(-c3cccc(-c4cccc(-c5nc(-c6cccc7ccccc67)nc(-c6cccc7ccccc67)n5)c4)c3)cc(-c3ccc4ccccc4c3)n2)cc1. The first-order valence-corrected chi connectivity index (χ1v) is 20.1. The number of fused-ring (bicyclic) bond motifs is 3. The Morgan fingerprint density at radius 2 is 0.650 bits per heavy atom. The fourth-order valence-electron chi connectivity index (χ4n) is 8.09. The Bertz CT molecular complexity index is 3290. The minimum Gasteiger partial charge on any atom is -0.228 e. The summed E-state index contributed by atoms with van der Waals surface area (Å²) in [7, 11) is 0. The van der Waals surface area contributed by atoms with Gasteiger partial charge in [-0.15, -0.1) is 0 Å². The second kappa shape index (κ2) is 15.0. The van der Waals surface area contributed by atoms with Crippen LogP contribution in [0.5, 0.6) is 0 Å². The van der Waals surface area contributed by atoms with Gasteiger partial charge in [0, 0.05) is 33.4 Å². The van der Waals surface area contributed by atoms with E-state index in [1.54, 1.807) is 0 Å². The van der Waals surface area contributed by atoms with Crippen LogP contribution in [-0.4, -0.2) is 24.9 Å². The summed E-state index contributed by atoms with van der Waals surface area (Å²) in [6, 6.07) is 73.5. The van der Waals surface area contributed by atoms with Crippen molar-refractivity contribution in [1.82, 2.24) is 24.9 Å². The molecular weight excluding hydrogens is 731 g/mol. The van der Waals surface area contributed by atoms with E-state index in [-0.39, 0.29) is 0 Å². The van der Waals surface area contributed by atoms with Gasteiger partial charge in [0.1, 0.15) is 0 Å². The van der Waals surface area contributed by atoms with Crippen molar-refractivity contribution in [1.29, 1.82) is 0 Å². The van der Waals surface area contributed by atoms with Gasteiger partial charge in [-0.05, 0) is 67.7 Å². The van der Waals surface area contributed by atoms with Gasteiger partial charge in [-0.1, -0.05) is 188 Å². The molecule has 0 fully saturated rings. The average molecular weight is 766 g/mol. The molecule has 280 valence electrons. The molecule has 0 amide bonds. The Morgan fingerprint density at radius 3 is 1.30 bits per heavy atom. The molecule has 9 aromatic carbocycles. The van der Waals surface area contributed by atoms with Crippen LogP contribution in [0.15, 0.2) is 212 Å². The van der Waals surface area contributed by atoms with Gasteiger partial charge in [0.25, 0.3) is 0 Å². The van der Waals surface area contributed by atoms with Gasteiger partial charge < -0.3 is 0 Å². The number of hydrogen-bond acceptors (Lipinski definition) is 5. The molecule has 2 aromatic heterocycles. The van der Waals surface area contributed by atoms with E-state index < -0.39 is 0 Å². The highest BCUT2D eigenvalue weighted by Gasteiger charge is 2.17. The van der Waals surface area contributed by atoms with Gasteiger partial charge in [0.05, 0.1) is 11.4 Å². The predicted molar refractivity (Wildman–Crippen MR) is 246 cm³/mol. The van der Waals surface area contributed by atoms with E-state index in [0.29, 0.717) is 23.3 Å². The molecule has 0 saturated carbocycles. The number of hydrogen-bond donors (Lipinski definition) is 0. The predicted octanol–water partition coefficient (Wildman–Crippen LogP) is 13.8. The Kier molecular flexibility index (Phi) is 8.75. The lowest BCUT2D eigenvalue weighted by Gasteiger charge is -2.13. The van der Waals surface area contributed by atoms with Crippen LogP contribution in [0.25, 0.3) is 112 Å². The highest BCUT2D eigenvalue weighted by molar-refractivity contribution is 5.97. The first kappa shape index (κ1) is 35.0. The van der Waals surface area contributed by atoms with Crippen molar-refractivity contribution < 1.29 is 0 Å². The molecule has 0 aliphatic carbocycles. The summed E-state index contributed by atoms with van der Waals surface area (Å²) in [4.78, 5) is 25.8. The number of benzene rings is 9. The van der Waals surface area contributed by atoms with Gasteiger partial charge in [-0.2, -0.15) is 0 Å². The molecule has 0 unspecified atom stereocenters. The zero-order valence-electron chi connectivity index (χ0n) is 32.4. The number of rotatable bonds is 7. The van der Waals surface area contributed by atoms with E-state index in [4.69, 9.17) is 24.9 Å². The van der Waals surface area contributed by atoms with Crippen molar-refractivity contribution >= 4 is 32.3 Å². The highest BCUT2D eigenvalue weighted by Crippen LogP contribution is 2.35. The molecule has 0 aliphatic heterocycles. The van der Waals surface area contributed by atoms with Gasteiger partial charge in [-0.25, -0.2) is 24.9 Å². The van der Waals surface area contributed by atoms with Gasteiger partial charge in [-0.3, -0.25) is 0 Å². The van der Waals surface area contributed by atoms with Crippen molar-refractivity contribution in [3.05, 3.63) is 212 Å². The first-order chi connectivity index (χ1) is 29.7. The summed E-state index contributed by atoms with van der Waals surface area (Å²) in [6.07, 6.45) is 0. The fraction of sp³-hybridized carbons (Fsp3) is 0. The summed E-state index contributed by atoms with van der Waals surface area (Å²) >= 11 is 0. The molecule has 0 bridgehead atoms. The molecular formula is C55H35N5. The minimum atomic E-state index is 0.609. The van der Waals surface area contributed by atoms with Crippen molar-refractivity contribution in [2.45, 2.75) is 0 Å². The zero-order chi connectivity index (χ0) is 39.8. The summed E-state index contributed by atoms with van der Waals surface area (Å²) in [5.41, 5.74) is 9.65. The first-order valence-electron chi connectivity index (χ1n) is 20.1. The molecule has 0 N–H and O–H groups in total. The van der Waals surface area contributed by atoms with Crippen LogP contribution in [0.2, 0.25) is 0 Å². The molecule has 0 saturated heterocycles. The van der Waals surface area contributed by atoms with Gasteiger partial charge in [0.2, 0.25) is 0 Å². The molecule has 60 heavy (non-hydrogen) atoms. The minimum absolute atomic E-state index is 0.609. The standard InChI is InChI=1S/C55H35N5/c1-2-17-39(18-3-1)52-56-50(35-51(57-52)44-31-30-36-14-4-5-19-40(36)32-44)43-24-10-22-41(33-43)42-23-11-25-45(34-42)53-58-54(48-28-12-20-37-15-6-8-26-46(37)48)60-55(59-53)49-29-13-21-38-16-7-9-27-47(38)49/h1-35H. The Hall–Kier alpha value is -8.15. The summed E-state index contributed by atoms with van der Waals surface area (Å²) in [6.45, 7) is 0. The third kappa shape index (κ3) is 6.64. The lowest BCUT2D eigenvalue weighted by Crippen LogP contribution is -2.01. The smallest absolute Gasteiger partial charge is 0.164 e. The average Bonchev–Trinajstić information content (AvgIpc) is 3.33. The van der Waals surface area contributed by atoms with Crippen LogP contribution in [0.1, 0.15) is 0 Å². The van der Waals surface area contributed by atoms with Gasteiger partial charge in [0.15, 0.2) is 23.3 Å². The number of aromatic nitrogens is 5. The van der Waals surface area contributed by atoms with Crippen LogP contribution in [0.3, 0.4) is 0 Å². The third-order valence-corrected chi connectivity index (χ3v) is 11.1. The van der Waals surface area contributed by atoms with Crippen LogP contribution < -0.4 is 0 Å². The molecule has 11 aromatic rings. The van der Waals surface area contributed by atoms with Crippen LogP contribution >= 0.6 is 0 Å². The van der Waals surface area contributed by atoms with E-state index in [9.17, 15) is 0 Å². The summed E-state index contributed by atoms with van der Waals surface area (Å²) in [5, 5.41) is 6.82. The molecule has 2 heterocycles. The topological polar surface area (TPSA) is 64.5 Å². The maximum Gasteiger partial charge on any atom is 0.164 e. The highest BCUT2D eigenvalue weighted by atomic mass is 15.0. The van der Waals surface area contributed by atoms with Crippen molar-refractivity contribution in [3.8, 4) is 79.2 Å². The zero-order valence-corrected chi connectivity index (χ0v) is 32.4. The summed E-state index contributed by atoms with van der Waals surface area (Å²) < 4.78 is 0. The molecule has 11 rings (SSSR count). The maximum atomic E-state index is 5.19. The quantitative estimate of drug-likeness (QED) is 0.162. The monoisotopic (exact) mass is 765 g/mol. The second-order valence-corrected chi connectivity index (χ2v) is 14.9. The lowest BCUT2D eigenvalue weighted by molar-refractivity contribution is 1.08. The van der Waals surface area contributed by atoms with E-state index in [0.717, 1.165) is 77.4 Å². The van der Waals surface area contributed by atoms with E-state index in [2.05, 4.69) is 194 Å². The van der Waals surface area contributed by atoms with Crippen molar-refractivity contribution in [2.75, 3.05) is 0 Å². The van der Waals surface area contributed by atoms with E-state index in [1.165, 1.54) is 10.8 Å². The van der Waals surface area contributed by atoms with Crippen LogP contribution in [-0.2, 0) is 0 Å². The number of nitrogens with zero attached hydrogens (tertiary/aromatic N) is 5. The van der Waals surface area contributed by atoms with Crippen molar-refractivity contribution in [2.24, 2.45) is 0 Å². The Balaban J connectivity index is 1.03. The molecule has 0 radical (unpaired) electrons. The molecule has 0 atom stereocenters. The molecule has 5 heteroatoms. The van der Waals surface area contributed by atoms with Crippen LogP contribution in [0, 0.1) is 0 Å². The van der Waals surface area contributed by atoms with Crippen molar-refractivity contribution in [3.63, 3.8) is 0 Å². The van der Waals surface area contributed by atoms with E-state index in [1.807, 2.05) is 18.2 Å². The van der Waals surface area contributed by atoms with Crippen LogP contribution in [0.4, 0.5) is 0 Å². The molecule has 5 nitrogen and oxygen atoms in total. The summed E-state index contributed by atoms with van der Waals surface area (Å²) in [5.74, 6) is 2.55. The second-order valence-electron chi connectivity index (χ2n) is 14.9. The fourth-order valence-corrected chi connectivity index (χ4v) is 8.09. The lowest BCUT2D eigenvalue weighted by atomic mass is 9.98. The molecule has 0 spiro atoms. The Morgan fingerprint density at radius 1 is 0.217 bits per heavy atom.